The number of aromatic nitrogens is 2. The zero-order chi connectivity index (χ0) is 10.7. The molecule has 0 saturated carbocycles. The van der Waals surface area contributed by atoms with Crippen LogP contribution in [0.1, 0.15) is 13.8 Å². The largest absolute Gasteiger partial charge is 0.391 e. The Bertz CT molecular complexity index is 294. The Morgan fingerprint density at radius 1 is 1.36 bits per heavy atom. The van der Waals surface area contributed by atoms with Crippen molar-refractivity contribution < 1.29 is 5.11 Å². The number of anilines is 3. The molecule has 0 amide bonds. The number of aliphatic hydroxyl groups is 1. The molecule has 2 atom stereocenters. The van der Waals surface area contributed by atoms with Gasteiger partial charge in [-0.2, -0.15) is 9.97 Å². The number of nitrogen functional groups attached to an aromatic ring is 2. The minimum atomic E-state index is -0.479. The topological polar surface area (TPSA) is 110 Å². The van der Waals surface area contributed by atoms with Crippen LogP contribution in [0, 0.1) is 0 Å². The van der Waals surface area contributed by atoms with E-state index in [0.29, 0.717) is 11.6 Å². The molecule has 1 rings (SSSR count). The summed E-state index contributed by atoms with van der Waals surface area (Å²) < 4.78 is 0. The van der Waals surface area contributed by atoms with Gasteiger partial charge in [0.1, 0.15) is 11.6 Å². The van der Waals surface area contributed by atoms with E-state index in [9.17, 15) is 5.11 Å². The van der Waals surface area contributed by atoms with Gasteiger partial charge in [0.05, 0.1) is 12.1 Å². The molecule has 6 heteroatoms. The van der Waals surface area contributed by atoms with Crippen LogP contribution in [0.2, 0.25) is 0 Å². The predicted octanol–water partition coefficient (Wildman–Crippen LogP) is -0.178. The summed E-state index contributed by atoms with van der Waals surface area (Å²) in [5.41, 5.74) is 10.9. The average Bonchev–Trinajstić information content (AvgIpc) is 2.01. The lowest BCUT2D eigenvalue weighted by Gasteiger charge is -2.17. The molecule has 0 aromatic carbocycles. The normalized spacial score (nSPS) is 14.8. The van der Waals surface area contributed by atoms with Gasteiger partial charge in [-0.1, -0.05) is 0 Å². The lowest BCUT2D eigenvalue weighted by atomic mass is 10.2. The third-order valence-electron chi connectivity index (χ3n) is 1.86. The molecule has 0 saturated heterocycles. The third-order valence-corrected chi connectivity index (χ3v) is 1.86. The highest BCUT2D eigenvalue weighted by Gasteiger charge is 2.09. The summed E-state index contributed by atoms with van der Waals surface area (Å²) in [5.74, 6) is 0.937. The van der Waals surface area contributed by atoms with Crippen molar-refractivity contribution in [2.24, 2.45) is 0 Å². The maximum atomic E-state index is 9.25. The van der Waals surface area contributed by atoms with Gasteiger partial charge in [-0.15, -0.1) is 0 Å². The minimum Gasteiger partial charge on any atom is -0.391 e. The molecule has 1 heterocycles. The van der Waals surface area contributed by atoms with E-state index in [1.165, 1.54) is 0 Å². The summed E-state index contributed by atoms with van der Waals surface area (Å²) in [6, 6.07) is 1.44. The summed E-state index contributed by atoms with van der Waals surface area (Å²) in [5, 5.41) is 12.2. The molecule has 0 fully saturated rings. The first-order valence-electron chi connectivity index (χ1n) is 4.33. The molecule has 0 spiro atoms. The van der Waals surface area contributed by atoms with E-state index in [4.69, 9.17) is 11.5 Å². The minimum absolute atomic E-state index is 0.116. The van der Waals surface area contributed by atoms with E-state index in [1.54, 1.807) is 13.0 Å². The fraction of sp³-hybridized carbons (Fsp3) is 0.500. The maximum absolute atomic E-state index is 9.25. The van der Waals surface area contributed by atoms with Gasteiger partial charge in [0, 0.05) is 6.07 Å². The highest BCUT2D eigenvalue weighted by atomic mass is 16.3. The lowest BCUT2D eigenvalue weighted by molar-refractivity contribution is 0.177. The average molecular weight is 197 g/mol. The van der Waals surface area contributed by atoms with Crippen molar-refractivity contribution in [3.8, 4) is 0 Å². The van der Waals surface area contributed by atoms with Crippen molar-refractivity contribution in [3.05, 3.63) is 6.07 Å². The van der Waals surface area contributed by atoms with Gasteiger partial charge in [0.25, 0.3) is 0 Å². The standard InChI is InChI=1S/C8H15N5O/c1-4(5(2)14)11-7-3-6(9)12-8(10)13-7/h3-5,14H,1-2H3,(H5,9,10,11,12,13). The van der Waals surface area contributed by atoms with E-state index >= 15 is 0 Å². The number of rotatable bonds is 3. The second-order valence-corrected chi connectivity index (χ2v) is 3.21. The number of nitrogens with one attached hydrogen (secondary N) is 1. The van der Waals surface area contributed by atoms with Gasteiger partial charge in [0.2, 0.25) is 5.95 Å². The summed E-state index contributed by atoms with van der Waals surface area (Å²) in [6.07, 6.45) is -0.479. The molecule has 78 valence electrons. The first-order valence-corrected chi connectivity index (χ1v) is 4.33. The number of nitrogens with zero attached hydrogens (tertiary/aromatic N) is 2. The molecule has 0 radical (unpaired) electrons. The molecule has 1 aromatic rings. The second-order valence-electron chi connectivity index (χ2n) is 3.21. The summed E-state index contributed by atoms with van der Waals surface area (Å²) in [4.78, 5) is 7.65. The molecular formula is C8H15N5O. The molecule has 6 nitrogen and oxygen atoms in total. The smallest absolute Gasteiger partial charge is 0.223 e. The van der Waals surface area contributed by atoms with Crippen molar-refractivity contribution in [2.45, 2.75) is 26.0 Å². The first-order chi connectivity index (χ1) is 6.49. The summed E-state index contributed by atoms with van der Waals surface area (Å²) in [7, 11) is 0. The van der Waals surface area contributed by atoms with Crippen molar-refractivity contribution >= 4 is 17.6 Å². The fourth-order valence-electron chi connectivity index (χ4n) is 0.913. The van der Waals surface area contributed by atoms with E-state index in [0.717, 1.165) is 0 Å². The van der Waals surface area contributed by atoms with Gasteiger partial charge in [-0.25, -0.2) is 0 Å². The molecule has 0 aliphatic carbocycles. The Morgan fingerprint density at radius 3 is 2.50 bits per heavy atom. The summed E-state index contributed by atoms with van der Waals surface area (Å²) >= 11 is 0. The van der Waals surface area contributed by atoms with E-state index in [-0.39, 0.29) is 12.0 Å². The Kier molecular flexibility index (Phi) is 3.08. The number of nitrogens with two attached hydrogens (primary N) is 2. The van der Waals surface area contributed by atoms with Gasteiger partial charge < -0.3 is 21.9 Å². The second kappa shape index (κ2) is 4.10. The van der Waals surface area contributed by atoms with Crippen LogP contribution in [-0.2, 0) is 0 Å². The quantitative estimate of drug-likeness (QED) is 0.535. The Morgan fingerprint density at radius 2 is 2.00 bits per heavy atom. The van der Waals surface area contributed by atoms with Crippen LogP contribution in [0.4, 0.5) is 17.6 Å². The molecule has 0 bridgehead atoms. The molecule has 0 aliphatic heterocycles. The fourth-order valence-corrected chi connectivity index (χ4v) is 0.913. The van der Waals surface area contributed by atoms with Gasteiger partial charge in [-0.05, 0) is 13.8 Å². The van der Waals surface area contributed by atoms with Crippen LogP contribution in [0.25, 0.3) is 0 Å². The third kappa shape index (κ3) is 2.74. The summed E-state index contributed by atoms with van der Waals surface area (Å²) in [6.45, 7) is 3.52. The number of aliphatic hydroxyl groups excluding tert-OH is 1. The van der Waals surface area contributed by atoms with E-state index in [2.05, 4.69) is 15.3 Å². The Balaban J connectivity index is 2.76. The Labute approximate surface area is 82.4 Å². The van der Waals surface area contributed by atoms with Crippen LogP contribution in [0.15, 0.2) is 6.07 Å². The van der Waals surface area contributed by atoms with E-state index in [1.807, 2.05) is 6.92 Å². The van der Waals surface area contributed by atoms with Crippen molar-refractivity contribution in [1.29, 1.82) is 0 Å². The van der Waals surface area contributed by atoms with Crippen LogP contribution in [-0.4, -0.2) is 27.2 Å². The van der Waals surface area contributed by atoms with Crippen LogP contribution in [0.3, 0.4) is 0 Å². The first kappa shape index (κ1) is 10.5. The van der Waals surface area contributed by atoms with Gasteiger partial charge in [0.15, 0.2) is 0 Å². The molecule has 0 aliphatic rings. The zero-order valence-corrected chi connectivity index (χ0v) is 8.23. The van der Waals surface area contributed by atoms with Gasteiger partial charge in [-0.3, -0.25) is 0 Å². The van der Waals surface area contributed by atoms with E-state index < -0.39 is 6.10 Å². The molecule has 1 aromatic heterocycles. The number of hydrogen-bond acceptors (Lipinski definition) is 6. The highest BCUT2D eigenvalue weighted by Crippen LogP contribution is 2.11. The maximum Gasteiger partial charge on any atom is 0.223 e. The molecule has 14 heavy (non-hydrogen) atoms. The zero-order valence-electron chi connectivity index (χ0n) is 8.23. The highest BCUT2D eigenvalue weighted by molar-refractivity contribution is 5.48. The van der Waals surface area contributed by atoms with Crippen LogP contribution in [0.5, 0.6) is 0 Å². The predicted molar refractivity (Wildman–Crippen MR) is 55.6 cm³/mol. The molecular weight excluding hydrogens is 182 g/mol. The Hall–Kier alpha value is -1.56. The van der Waals surface area contributed by atoms with Crippen molar-refractivity contribution in [3.63, 3.8) is 0 Å². The van der Waals surface area contributed by atoms with Gasteiger partial charge >= 0.3 is 0 Å². The molecule has 6 N–H and O–H groups in total. The molecule has 2 unspecified atom stereocenters. The monoisotopic (exact) mass is 197 g/mol. The van der Waals surface area contributed by atoms with Crippen LogP contribution >= 0.6 is 0 Å². The lowest BCUT2D eigenvalue weighted by Crippen LogP contribution is -2.28. The van der Waals surface area contributed by atoms with Crippen molar-refractivity contribution in [1.82, 2.24) is 9.97 Å². The SMILES string of the molecule is CC(O)C(C)Nc1cc(N)nc(N)n1. The number of hydrogen-bond donors (Lipinski definition) is 4. The van der Waals surface area contributed by atoms with Crippen LogP contribution < -0.4 is 16.8 Å². The van der Waals surface area contributed by atoms with Crippen molar-refractivity contribution in [2.75, 3.05) is 16.8 Å².